The van der Waals surface area contributed by atoms with Gasteiger partial charge >= 0.3 is 5.97 Å². The lowest BCUT2D eigenvalue weighted by molar-refractivity contribution is -0.385. The fraction of sp³-hybridized carbons (Fsp3) is 0.154. The average molecular weight is 488 g/mol. The number of methoxy groups -OCH3 is 1. The average Bonchev–Trinajstić information content (AvgIpc) is 3.15. The molecule has 3 aromatic carbocycles. The van der Waals surface area contributed by atoms with Gasteiger partial charge in [0.25, 0.3) is 17.5 Å². The number of Topliss-reactive ketones (excluding diaryl/α,β-unsaturated/α-hetero) is 1. The van der Waals surface area contributed by atoms with Crippen molar-refractivity contribution in [2.24, 2.45) is 0 Å². The maximum Gasteiger partial charge on any atom is 0.330 e. The van der Waals surface area contributed by atoms with Crippen LogP contribution in [0.15, 0.2) is 72.8 Å². The SMILES string of the molecule is COc1ccc(C(=O)COC(=O)[C@H](Cc2ccccc2)N2C(=O)c3cccc([N+](=O)[O-])c3C2=O)cc1. The molecule has 0 unspecified atom stereocenters. The summed E-state index contributed by atoms with van der Waals surface area (Å²) in [6.45, 7) is -0.625. The minimum absolute atomic E-state index is 0.102. The van der Waals surface area contributed by atoms with Crippen molar-refractivity contribution in [3.8, 4) is 5.75 Å². The molecule has 36 heavy (non-hydrogen) atoms. The van der Waals surface area contributed by atoms with Gasteiger partial charge in [0.05, 0.1) is 17.6 Å². The van der Waals surface area contributed by atoms with Gasteiger partial charge in [-0.3, -0.25) is 29.4 Å². The van der Waals surface area contributed by atoms with Crippen LogP contribution in [0.5, 0.6) is 5.75 Å². The van der Waals surface area contributed by atoms with E-state index in [9.17, 15) is 29.3 Å². The van der Waals surface area contributed by atoms with Crippen molar-refractivity contribution in [2.75, 3.05) is 13.7 Å². The van der Waals surface area contributed by atoms with E-state index >= 15 is 0 Å². The first kappa shape index (κ1) is 24.3. The molecule has 1 atom stereocenters. The van der Waals surface area contributed by atoms with E-state index < -0.39 is 46.8 Å². The van der Waals surface area contributed by atoms with Crippen LogP contribution in [0.25, 0.3) is 0 Å². The third kappa shape index (κ3) is 4.69. The second-order valence-electron chi connectivity index (χ2n) is 7.90. The van der Waals surface area contributed by atoms with Crippen LogP contribution in [0, 0.1) is 10.1 Å². The summed E-state index contributed by atoms with van der Waals surface area (Å²) in [6, 6.07) is 17.1. The van der Waals surface area contributed by atoms with E-state index in [1.807, 2.05) is 0 Å². The van der Waals surface area contributed by atoms with Gasteiger partial charge < -0.3 is 9.47 Å². The Bertz CT molecular complexity index is 1350. The number of amides is 2. The summed E-state index contributed by atoms with van der Waals surface area (Å²) in [5, 5.41) is 11.5. The van der Waals surface area contributed by atoms with Gasteiger partial charge in [0.2, 0.25) is 0 Å². The predicted molar refractivity (Wildman–Crippen MR) is 126 cm³/mol. The van der Waals surface area contributed by atoms with Crippen molar-refractivity contribution in [3.05, 3.63) is 105 Å². The van der Waals surface area contributed by atoms with Gasteiger partial charge in [-0.05, 0) is 35.9 Å². The number of carbonyl (C=O) groups is 4. The Labute approximate surface area is 205 Å². The van der Waals surface area contributed by atoms with E-state index in [0.717, 1.165) is 6.07 Å². The van der Waals surface area contributed by atoms with E-state index in [4.69, 9.17) is 9.47 Å². The zero-order chi connectivity index (χ0) is 25.8. The van der Waals surface area contributed by atoms with E-state index in [1.54, 1.807) is 42.5 Å². The van der Waals surface area contributed by atoms with Crippen molar-refractivity contribution in [3.63, 3.8) is 0 Å². The van der Waals surface area contributed by atoms with Gasteiger partial charge in [-0.1, -0.05) is 36.4 Å². The molecule has 3 aromatic rings. The van der Waals surface area contributed by atoms with Crippen LogP contribution in [0.4, 0.5) is 5.69 Å². The Morgan fingerprint density at radius 1 is 0.944 bits per heavy atom. The number of hydrogen-bond donors (Lipinski definition) is 0. The normalized spacial score (nSPS) is 13.2. The number of carbonyl (C=O) groups excluding carboxylic acids is 4. The van der Waals surface area contributed by atoms with Crippen LogP contribution in [-0.2, 0) is 16.0 Å². The van der Waals surface area contributed by atoms with Gasteiger partial charge in [0.15, 0.2) is 12.4 Å². The zero-order valence-electron chi connectivity index (χ0n) is 19.1. The van der Waals surface area contributed by atoms with E-state index in [-0.39, 0.29) is 23.1 Å². The number of nitro benzene ring substituents is 1. The van der Waals surface area contributed by atoms with Gasteiger partial charge in [0.1, 0.15) is 17.4 Å². The minimum Gasteiger partial charge on any atom is -0.497 e. The maximum absolute atomic E-state index is 13.2. The molecule has 0 bridgehead atoms. The van der Waals surface area contributed by atoms with Gasteiger partial charge in [-0.15, -0.1) is 0 Å². The van der Waals surface area contributed by atoms with Crippen molar-refractivity contribution in [2.45, 2.75) is 12.5 Å². The molecule has 1 aliphatic heterocycles. The Balaban J connectivity index is 1.60. The molecule has 4 rings (SSSR count). The number of nitrogens with zero attached hydrogens (tertiary/aromatic N) is 2. The Morgan fingerprint density at radius 3 is 2.28 bits per heavy atom. The molecule has 0 N–H and O–H groups in total. The first-order chi connectivity index (χ1) is 17.3. The number of nitro groups is 1. The summed E-state index contributed by atoms with van der Waals surface area (Å²) in [4.78, 5) is 63.4. The number of benzene rings is 3. The first-order valence-corrected chi connectivity index (χ1v) is 10.8. The zero-order valence-corrected chi connectivity index (χ0v) is 19.1. The smallest absolute Gasteiger partial charge is 0.330 e. The topological polar surface area (TPSA) is 133 Å². The molecule has 0 saturated heterocycles. The number of rotatable bonds is 9. The molecular formula is C26H20N2O8. The third-order valence-electron chi connectivity index (χ3n) is 5.73. The van der Waals surface area contributed by atoms with Crippen LogP contribution in [0.3, 0.4) is 0 Å². The molecular weight excluding hydrogens is 468 g/mol. The number of esters is 1. The molecule has 0 aliphatic carbocycles. The van der Waals surface area contributed by atoms with Crippen molar-refractivity contribution >= 4 is 29.3 Å². The second-order valence-corrected chi connectivity index (χ2v) is 7.90. The molecule has 0 fully saturated rings. The number of ketones is 1. The lowest BCUT2D eigenvalue weighted by atomic mass is 10.0. The number of ether oxygens (including phenoxy) is 2. The molecule has 1 aliphatic rings. The molecule has 0 saturated carbocycles. The van der Waals surface area contributed by atoms with E-state index in [0.29, 0.717) is 16.2 Å². The molecule has 0 aromatic heterocycles. The molecule has 2 amide bonds. The highest BCUT2D eigenvalue weighted by Gasteiger charge is 2.47. The van der Waals surface area contributed by atoms with E-state index in [2.05, 4.69) is 0 Å². The van der Waals surface area contributed by atoms with Gasteiger partial charge in [-0.25, -0.2) is 4.79 Å². The largest absolute Gasteiger partial charge is 0.497 e. The highest BCUT2D eigenvalue weighted by Crippen LogP contribution is 2.33. The fourth-order valence-electron chi connectivity index (χ4n) is 3.93. The molecule has 10 nitrogen and oxygen atoms in total. The second kappa shape index (κ2) is 10.2. The highest BCUT2D eigenvalue weighted by molar-refractivity contribution is 6.24. The Morgan fingerprint density at radius 2 is 1.64 bits per heavy atom. The standard InChI is InChI=1S/C26H20N2O8/c1-35-18-12-10-17(11-13-18)22(29)15-36-26(32)21(14-16-6-3-2-4-7-16)27-24(30)19-8-5-9-20(28(33)34)23(19)25(27)31/h2-13,21H,14-15H2,1H3/t21-/m0/s1. The van der Waals surface area contributed by atoms with Crippen LogP contribution in [0.2, 0.25) is 0 Å². The quantitative estimate of drug-likeness (QED) is 0.147. The summed E-state index contributed by atoms with van der Waals surface area (Å²) in [6.07, 6.45) is -0.102. The summed E-state index contributed by atoms with van der Waals surface area (Å²) in [5.41, 5.74) is -0.191. The number of fused-ring (bicyclic) bond motifs is 1. The van der Waals surface area contributed by atoms with Crippen LogP contribution < -0.4 is 4.74 Å². The molecule has 0 radical (unpaired) electrons. The Kier molecular flexibility index (Phi) is 6.86. The molecule has 1 heterocycles. The van der Waals surface area contributed by atoms with Crippen molar-refractivity contribution < 1.29 is 33.6 Å². The number of imide groups is 1. The van der Waals surface area contributed by atoms with Gasteiger partial charge in [-0.2, -0.15) is 0 Å². The molecule has 182 valence electrons. The molecule has 10 heteroatoms. The monoisotopic (exact) mass is 488 g/mol. The summed E-state index contributed by atoms with van der Waals surface area (Å²) >= 11 is 0. The summed E-state index contributed by atoms with van der Waals surface area (Å²) in [7, 11) is 1.49. The first-order valence-electron chi connectivity index (χ1n) is 10.8. The van der Waals surface area contributed by atoms with Crippen LogP contribution in [0.1, 0.15) is 36.6 Å². The predicted octanol–water partition coefficient (Wildman–Crippen LogP) is 3.24. The molecule has 0 spiro atoms. The maximum atomic E-state index is 13.2. The van der Waals surface area contributed by atoms with Crippen LogP contribution >= 0.6 is 0 Å². The van der Waals surface area contributed by atoms with Crippen molar-refractivity contribution in [1.82, 2.24) is 4.90 Å². The summed E-state index contributed by atoms with van der Waals surface area (Å²) in [5.74, 6) is -2.76. The van der Waals surface area contributed by atoms with E-state index in [1.165, 1.54) is 31.4 Å². The lowest BCUT2D eigenvalue weighted by Gasteiger charge is -2.24. The Hall–Kier alpha value is -4.86. The highest BCUT2D eigenvalue weighted by atomic mass is 16.6. The lowest BCUT2D eigenvalue weighted by Crippen LogP contribution is -2.47. The van der Waals surface area contributed by atoms with Crippen LogP contribution in [-0.4, -0.2) is 53.1 Å². The minimum atomic E-state index is -1.44. The number of hydrogen-bond acceptors (Lipinski definition) is 8. The van der Waals surface area contributed by atoms with Gasteiger partial charge in [0, 0.05) is 18.1 Å². The fourth-order valence-corrected chi connectivity index (χ4v) is 3.93. The third-order valence-corrected chi connectivity index (χ3v) is 5.73. The summed E-state index contributed by atoms with van der Waals surface area (Å²) < 4.78 is 10.3. The van der Waals surface area contributed by atoms with Crippen molar-refractivity contribution in [1.29, 1.82) is 0 Å².